The number of nitrogens with zero attached hydrogens (tertiary/aromatic N) is 2. The standard InChI is InChI=1S/C14H19BrN2O4S/c1-11-3-4-12(9-13(11)15)17(22(2,19)20)10-14(18)16-5-7-21-8-6-16/h3-4,9H,5-8,10H2,1-2H3. The summed E-state index contributed by atoms with van der Waals surface area (Å²) in [6.07, 6.45) is 1.10. The molecule has 1 aromatic rings. The minimum absolute atomic E-state index is 0.200. The van der Waals surface area contributed by atoms with Crippen LogP contribution in [0.1, 0.15) is 5.56 Å². The fraction of sp³-hybridized carbons (Fsp3) is 0.500. The van der Waals surface area contributed by atoms with Gasteiger partial charge in [-0.15, -0.1) is 0 Å². The molecule has 8 heteroatoms. The number of hydrogen-bond donors (Lipinski definition) is 0. The van der Waals surface area contributed by atoms with E-state index in [1.54, 1.807) is 17.0 Å². The first-order valence-electron chi connectivity index (χ1n) is 6.88. The molecule has 1 fully saturated rings. The van der Waals surface area contributed by atoms with Crippen LogP contribution in [0.4, 0.5) is 5.69 Å². The van der Waals surface area contributed by atoms with Crippen LogP contribution < -0.4 is 4.31 Å². The first-order valence-corrected chi connectivity index (χ1v) is 9.52. The molecule has 0 atom stereocenters. The zero-order valence-electron chi connectivity index (χ0n) is 12.6. The van der Waals surface area contributed by atoms with Crippen molar-refractivity contribution in [2.75, 3.05) is 43.4 Å². The third kappa shape index (κ3) is 4.21. The van der Waals surface area contributed by atoms with Crippen molar-refractivity contribution in [3.05, 3.63) is 28.2 Å². The third-order valence-corrected chi connectivity index (χ3v) is 5.48. The van der Waals surface area contributed by atoms with Crippen LogP contribution in [-0.4, -0.2) is 58.3 Å². The third-order valence-electron chi connectivity index (χ3n) is 3.49. The highest BCUT2D eigenvalue weighted by molar-refractivity contribution is 9.10. The van der Waals surface area contributed by atoms with Gasteiger partial charge >= 0.3 is 0 Å². The van der Waals surface area contributed by atoms with Crippen LogP contribution in [0.15, 0.2) is 22.7 Å². The second-order valence-electron chi connectivity index (χ2n) is 5.20. The van der Waals surface area contributed by atoms with Crippen molar-refractivity contribution >= 4 is 37.5 Å². The molecular weight excluding hydrogens is 372 g/mol. The van der Waals surface area contributed by atoms with E-state index in [1.165, 1.54) is 0 Å². The van der Waals surface area contributed by atoms with Gasteiger partial charge in [0.2, 0.25) is 15.9 Å². The summed E-state index contributed by atoms with van der Waals surface area (Å²) in [7, 11) is -3.55. The number of amides is 1. The zero-order valence-corrected chi connectivity index (χ0v) is 15.0. The molecule has 0 saturated carbocycles. The van der Waals surface area contributed by atoms with E-state index in [-0.39, 0.29) is 12.5 Å². The van der Waals surface area contributed by atoms with Crippen LogP contribution in [-0.2, 0) is 19.6 Å². The van der Waals surface area contributed by atoms with Crippen molar-refractivity contribution in [1.82, 2.24) is 4.90 Å². The van der Waals surface area contributed by atoms with Crippen LogP contribution in [0.5, 0.6) is 0 Å². The van der Waals surface area contributed by atoms with E-state index in [2.05, 4.69) is 15.9 Å². The molecule has 1 aromatic carbocycles. The molecule has 1 amide bonds. The van der Waals surface area contributed by atoms with E-state index in [0.717, 1.165) is 20.6 Å². The van der Waals surface area contributed by atoms with Gasteiger partial charge in [0.25, 0.3) is 0 Å². The molecule has 0 radical (unpaired) electrons. The minimum atomic E-state index is -3.55. The van der Waals surface area contributed by atoms with Crippen molar-refractivity contribution in [2.45, 2.75) is 6.92 Å². The molecule has 0 aliphatic carbocycles. The van der Waals surface area contributed by atoms with Crippen LogP contribution in [0.3, 0.4) is 0 Å². The summed E-state index contributed by atoms with van der Waals surface area (Å²) in [5, 5.41) is 0. The van der Waals surface area contributed by atoms with Gasteiger partial charge in [-0.1, -0.05) is 22.0 Å². The number of aryl methyl sites for hydroxylation is 1. The molecule has 6 nitrogen and oxygen atoms in total. The van der Waals surface area contributed by atoms with Gasteiger partial charge in [0.05, 0.1) is 25.2 Å². The molecule has 122 valence electrons. The topological polar surface area (TPSA) is 66.9 Å². The predicted octanol–water partition coefficient (Wildman–Crippen LogP) is 1.38. The maximum absolute atomic E-state index is 12.3. The summed E-state index contributed by atoms with van der Waals surface area (Å²) in [5.41, 5.74) is 1.47. The molecule has 1 aliphatic rings. The zero-order chi connectivity index (χ0) is 16.3. The van der Waals surface area contributed by atoms with E-state index in [9.17, 15) is 13.2 Å². The predicted molar refractivity (Wildman–Crippen MR) is 88.5 cm³/mol. The highest BCUT2D eigenvalue weighted by Gasteiger charge is 2.25. The highest BCUT2D eigenvalue weighted by Crippen LogP contribution is 2.25. The van der Waals surface area contributed by atoms with E-state index < -0.39 is 10.0 Å². The van der Waals surface area contributed by atoms with Gasteiger partial charge in [-0.25, -0.2) is 8.42 Å². The number of halogens is 1. The van der Waals surface area contributed by atoms with Crippen molar-refractivity contribution < 1.29 is 17.9 Å². The van der Waals surface area contributed by atoms with Crippen molar-refractivity contribution in [3.8, 4) is 0 Å². The summed E-state index contributed by atoms with van der Waals surface area (Å²) in [4.78, 5) is 14.0. The number of carbonyl (C=O) groups excluding carboxylic acids is 1. The summed E-state index contributed by atoms with van der Waals surface area (Å²) >= 11 is 3.39. The average Bonchev–Trinajstić information content (AvgIpc) is 2.47. The second kappa shape index (κ2) is 6.97. The fourth-order valence-electron chi connectivity index (χ4n) is 2.17. The average molecular weight is 391 g/mol. The normalized spacial score (nSPS) is 15.7. The number of ether oxygens (including phenoxy) is 1. The number of hydrogen-bond acceptors (Lipinski definition) is 4. The van der Waals surface area contributed by atoms with E-state index in [4.69, 9.17) is 4.74 Å². The van der Waals surface area contributed by atoms with Crippen LogP contribution in [0.25, 0.3) is 0 Å². The Balaban J connectivity index is 2.23. The number of sulfonamides is 1. The molecule has 0 unspecified atom stereocenters. The Morgan fingerprint density at radius 2 is 2.00 bits per heavy atom. The van der Waals surface area contributed by atoms with Crippen LogP contribution in [0, 0.1) is 6.92 Å². The Labute approximate surface area is 139 Å². The maximum atomic E-state index is 12.3. The Morgan fingerprint density at radius 1 is 1.36 bits per heavy atom. The van der Waals surface area contributed by atoms with Crippen molar-refractivity contribution in [1.29, 1.82) is 0 Å². The Hall–Kier alpha value is -1.12. The minimum Gasteiger partial charge on any atom is -0.378 e. The van der Waals surface area contributed by atoms with E-state index >= 15 is 0 Å². The van der Waals surface area contributed by atoms with Gasteiger partial charge in [0.1, 0.15) is 6.54 Å². The number of morpholine rings is 1. The lowest BCUT2D eigenvalue weighted by atomic mass is 10.2. The number of benzene rings is 1. The summed E-state index contributed by atoms with van der Waals surface area (Å²) < 4.78 is 31.3. The molecule has 1 saturated heterocycles. The number of rotatable bonds is 4. The lowest BCUT2D eigenvalue weighted by Gasteiger charge is -2.30. The van der Waals surface area contributed by atoms with Gasteiger partial charge < -0.3 is 9.64 Å². The summed E-state index contributed by atoms with van der Waals surface area (Å²) in [6, 6.07) is 5.23. The lowest BCUT2D eigenvalue weighted by Crippen LogP contribution is -2.47. The summed E-state index contributed by atoms with van der Waals surface area (Å²) in [5.74, 6) is -0.217. The van der Waals surface area contributed by atoms with Crippen molar-refractivity contribution in [2.24, 2.45) is 0 Å². The molecule has 0 N–H and O–H groups in total. The largest absolute Gasteiger partial charge is 0.378 e. The smallest absolute Gasteiger partial charge is 0.243 e. The van der Waals surface area contributed by atoms with Gasteiger partial charge in [0, 0.05) is 17.6 Å². The molecule has 0 aromatic heterocycles. The fourth-order valence-corrected chi connectivity index (χ4v) is 3.38. The lowest BCUT2D eigenvalue weighted by molar-refractivity contribution is -0.133. The van der Waals surface area contributed by atoms with Crippen LogP contribution >= 0.6 is 15.9 Å². The second-order valence-corrected chi connectivity index (χ2v) is 7.96. The first-order chi connectivity index (χ1) is 10.3. The van der Waals surface area contributed by atoms with Gasteiger partial charge in [-0.2, -0.15) is 0 Å². The number of carbonyl (C=O) groups is 1. The maximum Gasteiger partial charge on any atom is 0.243 e. The van der Waals surface area contributed by atoms with Crippen LogP contribution in [0.2, 0.25) is 0 Å². The van der Waals surface area contributed by atoms with Crippen molar-refractivity contribution in [3.63, 3.8) is 0 Å². The Kier molecular flexibility index (Phi) is 5.46. The van der Waals surface area contributed by atoms with E-state index in [1.807, 2.05) is 13.0 Å². The molecule has 0 spiro atoms. The Bertz CT molecular complexity index is 657. The highest BCUT2D eigenvalue weighted by atomic mass is 79.9. The molecule has 2 rings (SSSR count). The molecule has 0 bridgehead atoms. The SMILES string of the molecule is Cc1ccc(N(CC(=O)N2CCOCC2)S(C)(=O)=O)cc1Br. The van der Waals surface area contributed by atoms with E-state index in [0.29, 0.717) is 32.0 Å². The van der Waals surface area contributed by atoms with Gasteiger partial charge in [0.15, 0.2) is 0 Å². The molecule has 1 aliphatic heterocycles. The molecule has 22 heavy (non-hydrogen) atoms. The van der Waals surface area contributed by atoms with Gasteiger partial charge in [-0.05, 0) is 24.6 Å². The summed E-state index contributed by atoms with van der Waals surface area (Å²) in [6.45, 7) is 3.68. The quantitative estimate of drug-likeness (QED) is 0.778. The first kappa shape index (κ1) is 17.2. The van der Waals surface area contributed by atoms with Gasteiger partial charge in [-0.3, -0.25) is 9.10 Å². The molecule has 1 heterocycles. The number of anilines is 1. The molecular formula is C14H19BrN2O4S. The monoisotopic (exact) mass is 390 g/mol. The Morgan fingerprint density at radius 3 is 2.55 bits per heavy atom.